The van der Waals surface area contributed by atoms with Crippen LogP contribution in [-0.4, -0.2) is 28.7 Å². The van der Waals surface area contributed by atoms with Gasteiger partial charge in [0.1, 0.15) is 5.75 Å². The van der Waals surface area contributed by atoms with Crippen molar-refractivity contribution in [3.05, 3.63) is 72.6 Å². The van der Waals surface area contributed by atoms with E-state index >= 15 is 0 Å². The first-order valence-electron chi connectivity index (χ1n) is 9.08. The van der Waals surface area contributed by atoms with Crippen molar-refractivity contribution < 1.29 is 14.3 Å². The standard InChI is InChI=1S/C23H19N3O3/c1-15(28)17-4-3-5-18(10-17)22-12-24-23-21(25-14-27)11-19(13-26(22)23)16-6-8-20(29-2)9-7-16/h3-14H,1-2H3,(H,25,27). The molecule has 0 aliphatic heterocycles. The van der Waals surface area contributed by atoms with Gasteiger partial charge in [0.25, 0.3) is 0 Å². The van der Waals surface area contributed by atoms with Gasteiger partial charge in [-0.15, -0.1) is 0 Å². The number of ether oxygens (including phenoxy) is 1. The maximum Gasteiger partial charge on any atom is 0.211 e. The third-order valence-corrected chi connectivity index (χ3v) is 4.81. The number of benzene rings is 2. The number of amides is 1. The van der Waals surface area contributed by atoms with Crippen LogP contribution >= 0.6 is 0 Å². The molecule has 2 heterocycles. The van der Waals surface area contributed by atoms with Crippen LogP contribution in [0.3, 0.4) is 0 Å². The molecule has 144 valence electrons. The molecule has 6 nitrogen and oxygen atoms in total. The molecule has 0 spiro atoms. The van der Waals surface area contributed by atoms with Crippen molar-refractivity contribution in [2.45, 2.75) is 6.92 Å². The van der Waals surface area contributed by atoms with E-state index in [9.17, 15) is 9.59 Å². The van der Waals surface area contributed by atoms with E-state index in [1.807, 2.05) is 59.1 Å². The fraction of sp³-hybridized carbons (Fsp3) is 0.0870. The van der Waals surface area contributed by atoms with Crippen LogP contribution in [-0.2, 0) is 4.79 Å². The van der Waals surface area contributed by atoms with E-state index in [0.29, 0.717) is 23.3 Å². The summed E-state index contributed by atoms with van der Waals surface area (Å²) in [4.78, 5) is 27.4. The number of aromatic nitrogens is 2. The van der Waals surface area contributed by atoms with Crippen LogP contribution in [0.15, 0.2) is 67.0 Å². The first-order valence-corrected chi connectivity index (χ1v) is 9.08. The third kappa shape index (κ3) is 3.48. The van der Waals surface area contributed by atoms with Crippen molar-refractivity contribution >= 4 is 23.5 Å². The van der Waals surface area contributed by atoms with Gasteiger partial charge >= 0.3 is 0 Å². The normalized spacial score (nSPS) is 10.7. The molecule has 0 aliphatic carbocycles. The molecule has 0 saturated heterocycles. The quantitative estimate of drug-likeness (QED) is 0.393. The number of hydrogen-bond acceptors (Lipinski definition) is 4. The monoisotopic (exact) mass is 385 g/mol. The molecule has 2 aromatic carbocycles. The van der Waals surface area contributed by atoms with Crippen LogP contribution in [0.1, 0.15) is 17.3 Å². The number of rotatable bonds is 6. The van der Waals surface area contributed by atoms with Gasteiger partial charge in [0.2, 0.25) is 6.41 Å². The average molecular weight is 385 g/mol. The second-order valence-corrected chi connectivity index (χ2v) is 6.61. The van der Waals surface area contributed by atoms with Crippen molar-refractivity contribution in [3.8, 4) is 28.1 Å². The Morgan fingerprint density at radius 3 is 2.55 bits per heavy atom. The highest BCUT2D eigenvalue weighted by Gasteiger charge is 2.13. The Hall–Kier alpha value is -3.93. The highest BCUT2D eigenvalue weighted by atomic mass is 16.5. The van der Waals surface area contributed by atoms with Crippen LogP contribution in [0.25, 0.3) is 28.0 Å². The van der Waals surface area contributed by atoms with E-state index in [0.717, 1.165) is 28.1 Å². The molecule has 1 N–H and O–H groups in total. The van der Waals surface area contributed by atoms with Gasteiger partial charge < -0.3 is 10.1 Å². The van der Waals surface area contributed by atoms with Crippen LogP contribution in [0, 0.1) is 0 Å². The van der Waals surface area contributed by atoms with Crippen molar-refractivity contribution in [1.29, 1.82) is 0 Å². The summed E-state index contributed by atoms with van der Waals surface area (Å²) in [6.07, 6.45) is 4.34. The number of carbonyl (C=O) groups is 2. The van der Waals surface area contributed by atoms with Crippen LogP contribution in [0.2, 0.25) is 0 Å². The molecule has 4 rings (SSSR count). The molecular weight excluding hydrogens is 366 g/mol. The zero-order valence-electron chi connectivity index (χ0n) is 16.0. The maximum absolute atomic E-state index is 11.8. The number of methoxy groups -OCH3 is 1. The number of fused-ring (bicyclic) bond motifs is 1. The number of nitrogens with zero attached hydrogens (tertiary/aromatic N) is 2. The fourth-order valence-electron chi connectivity index (χ4n) is 3.31. The van der Waals surface area contributed by atoms with E-state index in [4.69, 9.17) is 4.74 Å². The molecule has 4 aromatic rings. The average Bonchev–Trinajstić information content (AvgIpc) is 3.18. The van der Waals surface area contributed by atoms with Crippen molar-refractivity contribution in [1.82, 2.24) is 9.38 Å². The summed E-state index contributed by atoms with van der Waals surface area (Å²) in [5, 5.41) is 2.73. The number of pyridine rings is 1. The summed E-state index contributed by atoms with van der Waals surface area (Å²) in [7, 11) is 1.63. The van der Waals surface area contributed by atoms with Gasteiger partial charge in [-0.1, -0.05) is 30.3 Å². The van der Waals surface area contributed by atoms with Crippen LogP contribution in [0.4, 0.5) is 5.69 Å². The summed E-state index contributed by atoms with van der Waals surface area (Å²) in [6.45, 7) is 1.54. The molecule has 0 atom stereocenters. The number of Topliss-reactive ketones (excluding diaryl/α,β-unsaturated/α-hetero) is 1. The fourth-order valence-corrected chi connectivity index (χ4v) is 3.31. The lowest BCUT2D eigenvalue weighted by Crippen LogP contribution is -2.00. The molecule has 2 aromatic heterocycles. The Labute approximate surface area is 167 Å². The SMILES string of the molecule is COc1ccc(-c2cc(NC=O)c3ncc(-c4cccc(C(C)=O)c4)n3c2)cc1. The smallest absolute Gasteiger partial charge is 0.211 e. The van der Waals surface area contributed by atoms with Gasteiger partial charge in [-0.05, 0) is 36.8 Å². The number of anilines is 1. The van der Waals surface area contributed by atoms with Crippen LogP contribution < -0.4 is 10.1 Å². The number of hydrogen-bond donors (Lipinski definition) is 1. The minimum absolute atomic E-state index is 0.00269. The van der Waals surface area contributed by atoms with Crippen molar-refractivity contribution in [3.63, 3.8) is 0 Å². The van der Waals surface area contributed by atoms with Crippen molar-refractivity contribution in [2.75, 3.05) is 12.4 Å². The summed E-state index contributed by atoms with van der Waals surface area (Å²) in [5.41, 5.74) is 5.43. The Bertz CT molecular complexity index is 1210. The Morgan fingerprint density at radius 2 is 1.86 bits per heavy atom. The summed E-state index contributed by atoms with van der Waals surface area (Å²) < 4.78 is 7.15. The first-order chi connectivity index (χ1) is 14.1. The van der Waals surface area contributed by atoms with Crippen molar-refractivity contribution in [2.24, 2.45) is 0 Å². The second-order valence-electron chi connectivity index (χ2n) is 6.61. The predicted octanol–water partition coefficient (Wildman–Crippen LogP) is 4.45. The van der Waals surface area contributed by atoms with Gasteiger partial charge in [-0.2, -0.15) is 0 Å². The van der Waals surface area contributed by atoms with E-state index in [1.165, 1.54) is 0 Å². The Morgan fingerprint density at radius 1 is 1.07 bits per heavy atom. The molecule has 0 aliphatic rings. The molecule has 29 heavy (non-hydrogen) atoms. The number of nitrogens with one attached hydrogen (secondary N) is 1. The van der Waals surface area contributed by atoms with Gasteiger partial charge in [0, 0.05) is 22.9 Å². The molecule has 0 fully saturated rings. The predicted molar refractivity (Wildman–Crippen MR) is 112 cm³/mol. The van der Waals surface area contributed by atoms with E-state index in [1.54, 1.807) is 26.3 Å². The largest absolute Gasteiger partial charge is 0.497 e. The highest BCUT2D eigenvalue weighted by Crippen LogP contribution is 2.31. The second kappa shape index (κ2) is 7.59. The lowest BCUT2D eigenvalue weighted by atomic mass is 10.1. The minimum Gasteiger partial charge on any atom is -0.497 e. The van der Waals surface area contributed by atoms with Gasteiger partial charge in [0.05, 0.1) is 24.7 Å². The molecule has 0 bridgehead atoms. The molecule has 1 amide bonds. The third-order valence-electron chi connectivity index (χ3n) is 4.81. The maximum atomic E-state index is 11.8. The first kappa shape index (κ1) is 18.4. The Balaban J connectivity index is 1.91. The number of imidazole rings is 1. The Kier molecular flexibility index (Phi) is 4.83. The molecule has 0 unspecified atom stereocenters. The summed E-state index contributed by atoms with van der Waals surface area (Å²) in [5.74, 6) is 0.772. The summed E-state index contributed by atoms with van der Waals surface area (Å²) in [6, 6.07) is 17.0. The highest BCUT2D eigenvalue weighted by molar-refractivity contribution is 5.95. The zero-order chi connectivity index (χ0) is 20.4. The van der Waals surface area contributed by atoms with Gasteiger partial charge in [-0.3, -0.25) is 14.0 Å². The number of carbonyl (C=O) groups excluding carboxylic acids is 2. The van der Waals surface area contributed by atoms with E-state index < -0.39 is 0 Å². The lowest BCUT2D eigenvalue weighted by Gasteiger charge is -2.11. The van der Waals surface area contributed by atoms with E-state index in [-0.39, 0.29) is 5.78 Å². The lowest BCUT2D eigenvalue weighted by molar-refractivity contribution is -0.105. The van der Waals surface area contributed by atoms with E-state index in [2.05, 4.69) is 10.3 Å². The van der Waals surface area contributed by atoms with Crippen LogP contribution in [0.5, 0.6) is 5.75 Å². The number of ketones is 1. The molecular formula is C23H19N3O3. The van der Waals surface area contributed by atoms with Gasteiger partial charge in [-0.25, -0.2) is 4.98 Å². The summed E-state index contributed by atoms with van der Waals surface area (Å²) >= 11 is 0. The molecule has 0 radical (unpaired) electrons. The molecule has 6 heteroatoms. The van der Waals surface area contributed by atoms with Gasteiger partial charge in [0.15, 0.2) is 11.4 Å². The zero-order valence-corrected chi connectivity index (χ0v) is 16.0. The topological polar surface area (TPSA) is 72.7 Å². The minimum atomic E-state index is 0.00269. The molecule has 0 saturated carbocycles.